The van der Waals surface area contributed by atoms with Gasteiger partial charge in [0.1, 0.15) is 5.78 Å². The zero-order chi connectivity index (χ0) is 13.1. The van der Waals surface area contributed by atoms with Crippen LogP contribution in [0.3, 0.4) is 0 Å². The molecular weight excluding hydrogens is 230 g/mol. The Labute approximate surface area is 109 Å². The molecule has 1 N–H and O–H groups in total. The molecule has 1 aliphatic heterocycles. The highest BCUT2D eigenvalue weighted by atomic mass is 16.5. The van der Waals surface area contributed by atoms with E-state index in [9.17, 15) is 9.90 Å². The average molecular weight is 255 g/mol. The lowest BCUT2D eigenvalue weighted by molar-refractivity contribution is -0.128. The van der Waals surface area contributed by atoms with E-state index in [4.69, 9.17) is 4.74 Å². The first-order valence-corrected chi connectivity index (χ1v) is 7.09. The van der Waals surface area contributed by atoms with Crippen LogP contribution < -0.4 is 0 Å². The maximum absolute atomic E-state index is 12.0. The Morgan fingerprint density at radius 1 is 1.44 bits per heavy atom. The fraction of sp³-hybridized carbons (Fsp3) is 0.929. The van der Waals surface area contributed by atoms with Gasteiger partial charge < -0.3 is 9.84 Å². The van der Waals surface area contributed by atoms with Crippen molar-refractivity contribution in [3.63, 3.8) is 0 Å². The lowest BCUT2D eigenvalue weighted by Crippen LogP contribution is -2.52. The number of ether oxygens (including phenoxy) is 1. The van der Waals surface area contributed by atoms with Crippen LogP contribution in [0.5, 0.6) is 0 Å². The van der Waals surface area contributed by atoms with Gasteiger partial charge in [0, 0.05) is 31.5 Å². The van der Waals surface area contributed by atoms with Crippen molar-refractivity contribution < 1.29 is 14.6 Å². The molecule has 0 spiro atoms. The van der Waals surface area contributed by atoms with Crippen molar-refractivity contribution in [3.8, 4) is 0 Å². The normalized spacial score (nSPS) is 38.9. The Balaban J connectivity index is 1.92. The Bertz CT molecular complexity index is 295. The molecule has 1 heterocycles. The molecule has 104 valence electrons. The van der Waals surface area contributed by atoms with E-state index in [1.807, 2.05) is 0 Å². The standard InChI is InChI=1S/C14H25NO3/c1-10-3-4-14(17)12(5-10)6-15-7-13(8-16)18-9-11(15)2/h10-13,16H,3-9H2,1-2H3. The van der Waals surface area contributed by atoms with Gasteiger partial charge in [0.2, 0.25) is 0 Å². The number of hydrogen-bond acceptors (Lipinski definition) is 4. The number of Topliss-reactive ketones (excluding diaryl/α,β-unsaturated/α-hetero) is 1. The highest BCUT2D eigenvalue weighted by Gasteiger charge is 2.32. The van der Waals surface area contributed by atoms with Crippen LogP contribution in [-0.4, -0.2) is 54.2 Å². The Morgan fingerprint density at radius 2 is 2.22 bits per heavy atom. The third-order valence-electron chi connectivity index (χ3n) is 4.32. The third kappa shape index (κ3) is 3.31. The molecule has 2 rings (SSSR count). The van der Waals surface area contributed by atoms with Crippen LogP contribution >= 0.6 is 0 Å². The van der Waals surface area contributed by atoms with Gasteiger partial charge >= 0.3 is 0 Å². The molecule has 2 fully saturated rings. The molecule has 18 heavy (non-hydrogen) atoms. The van der Waals surface area contributed by atoms with E-state index in [1.165, 1.54) is 0 Å². The molecule has 4 heteroatoms. The Morgan fingerprint density at radius 3 is 2.94 bits per heavy atom. The summed E-state index contributed by atoms with van der Waals surface area (Å²) in [5, 5.41) is 9.18. The van der Waals surface area contributed by atoms with Crippen molar-refractivity contribution in [2.75, 3.05) is 26.3 Å². The van der Waals surface area contributed by atoms with Crippen LogP contribution in [0.1, 0.15) is 33.1 Å². The number of rotatable bonds is 3. The predicted octanol–water partition coefficient (Wildman–Crippen LogP) is 1.07. The van der Waals surface area contributed by atoms with E-state index in [0.29, 0.717) is 24.3 Å². The summed E-state index contributed by atoms with van der Waals surface area (Å²) in [5.74, 6) is 1.28. The summed E-state index contributed by atoms with van der Waals surface area (Å²) in [6.45, 7) is 6.67. The molecule has 4 nitrogen and oxygen atoms in total. The van der Waals surface area contributed by atoms with E-state index in [0.717, 1.165) is 32.4 Å². The molecule has 1 saturated heterocycles. The molecule has 0 aromatic heterocycles. The number of hydrogen-bond donors (Lipinski definition) is 1. The molecule has 0 aromatic rings. The predicted molar refractivity (Wildman–Crippen MR) is 69.4 cm³/mol. The number of aliphatic hydroxyl groups excluding tert-OH is 1. The zero-order valence-corrected chi connectivity index (χ0v) is 11.5. The van der Waals surface area contributed by atoms with Crippen LogP contribution in [0, 0.1) is 11.8 Å². The van der Waals surface area contributed by atoms with Gasteiger partial charge in [0.15, 0.2) is 0 Å². The second-order valence-electron chi connectivity index (χ2n) is 5.98. The highest BCUT2D eigenvalue weighted by Crippen LogP contribution is 2.27. The van der Waals surface area contributed by atoms with Crippen LogP contribution in [0.4, 0.5) is 0 Å². The lowest BCUT2D eigenvalue weighted by Gasteiger charge is -2.40. The van der Waals surface area contributed by atoms with Gasteiger partial charge in [-0.05, 0) is 25.7 Å². The van der Waals surface area contributed by atoms with Gasteiger partial charge in [-0.15, -0.1) is 0 Å². The van der Waals surface area contributed by atoms with Crippen molar-refractivity contribution in [1.29, 1.82) is 0 Å². The second kappa shape index (κ2) is 6.13. The summed E-state index contributed by atoms with van der Waals surface area (Å²) in [5.41, 5.74) is 0. The number of morpholine rings is 1. The number of carbonyl (C=O) groups is 1. The first kappa shape index (κ1) is 14.0. The van der Waals surface area contributed by atoms with Crippen molar-refractivity contribution in [1.82, 2.24) is 4.90 Å². The molecule has 0 amide bonds. The topological polar surface area (TPSA) is 49.8 Å². The minimum atomic E-state index is -0.0858. The molecule has 0 bridgehead atoms. The van der Waals surface area contributed by atoms with Gasteiger partial charge in [-0.3, -0.25) is 9.69 Å². The first-order valence-electron chi connectivity index (χ1n) is 7.09. The quantitative estimate of drug-likeness (QED) is 0.819. The SMILES string of the molecule is CC1CCC(=O)C(CN2CC(CO)OCC2C)C1. The Kier molecular flexibility index (Phi) is 4.76. The average Bonchev–Trinajstić information content (AvgIpc) is 2.36. The van der Waals surface area contributed by atoms with E-state index in [-0.39, 0.29) is 18.6 Å². The van der Waals surface area contributed by atoms with Crippen LogP contribution in [0.15, 0.2) is 0 Å². The minimum absolute atomic E-state index is 0.0677. The molecule has 0 radical (unpaired) electrons. The number of aliphatic hydroxyl groups is 1. The molecule has 4 atom stereocenters. The molecular formula is C14H25NO3. The second-order valence-corrected chi connectivity index (χ2v) is 5.98. The van der Waals surface area contributed by atoms with Crippen LogP contribution in [-0.2, 0) is 9.53 Å². The number of ketones is 1. The van der Waals surface area contributed by atoms with E-state index in [2.05, 4.69) is 18.7 Å². The van der Waals surface area contributed by atoms with Crippen molar-refractivity contribution in [2.24, 2.45) is 11.8 Å². The minimum Gasteiger partial charge on any atom is -0.394 e. The zero-order valence-electron chi connectivity index (χ0n) is 11.5. The summed E-state index contributed by atoms with van der Waals surface area (Å²) in [6.07, 6.45) is 2.73. The smallest absolute Gasteiger partial charge is 0.137 e. The third-order valence-corrected chi connectivity index (χ3v) is 4.32. The van der Waals surface area contributed by atoms with E-state index >= 15 is 0 Å². The van der Waals surface area contributed by atoms with Gasteiger partial charge in [-0.1, -0.05) is 6.92 Å². The molecule has 1 saturated carbocycles. The summed E-state index contributed by atoms with van der Waals surface area (Å²) >= 11 is 0. The molecule has 0 aromatic carbocycles. The van der Waals surface area contributed by atoms with E-state index in [1.54, 1.807) is 0 Å². The largest absolute Gasteiger partial charge is 0.394 e. The maximum Gasteiger partial charge on any atom is 0.137 e. The monoisotopic (exact) mass is 255 g/mol. The molecule has 1 aliphatic carbocycles. The summed E-state index contributed by atoms with van der Waals surface area (Å²) < 4.78 is 5.53. The van der Waals surface area contributed by atoms with Gasteiger partial charge in [0.25, 0.3) is 0 Å². The van der Waals surface area contributed by atoms with Gasteiger partial charge in [-0.25, -0.2) is 0 Å². The van der Waals surface area contributed by atoms with Crippen molar-refractivity contribution in [3.05, 3.63) is 0 Å². The summed E-state index contributed by atoms with van der Waals surface area (Å²) in [6, 6.07) is 0.345. The maximum atomic E-state index is 12.0. The number of carbonyl (C=O) groups excluding carboxylic acids is 1. The molecule has 4 unspecified atom stereocenters. The fourth-order valence-electron chi connectivity index (χ4n) is 3.03. The first-order chi connectivity index (χ1) is 8.60. The van der Waals surface area contributed by atoms with Crippen molar-refractivity contribution >= 4 is 5.78 Å². The summed E-state index contributed by atoms with van der Waals surface area (Å²) in [7, 11) is 0. The highest BCUT2D eigenvalue weighted by molar-refractivity contribution is 5.81. The van der Waals surface area contributed by atoms with Crippen LogP contribution in [0.2, 0.25) is 0 Å². The molecule has 2 aliphatic rings. The van der Waals surface area contributed by atoms with Gasteiger partial charge in [0.05, 0.1) is 19.3 Å². The number of nitrogens with zero attached hydrogens (tertiary/aromatic N) is 1. The van der Waals surface area contributed by atoms with Crippen LogP contribution in [0.25, 0.3) is 0 Å². The van der Waals surface area contributed by atoms with Crippen molar-refractivity contribution in [2.45, 2.75) is 45.3 Å². The van der Waals surface area contributed by atoms with E-state index < -0.39 is 0 Å². The Hall–Kier alpha value is -0.450. The fourth-order valence-corrected chi connectivity index (χ4v) is 3.03. The summed E-state index contributed by atoms with van der Waals surface area (Å²) in [4.78, 5) is 14.3. The van der Waals surface area contributed by atoms with Gasteiger partial charge in [-0.2, -0.15) is 0 Å². The lowest BCUT2D eigenvalue weighted by atomic mass is 9.81.